The second-order valence-corrected chi connectivity index (χ2v) is 5.88. The van der Waals surface area contributed by atoms with Gasteiger partial charge in [-0.25, -0.2) is 0 Å². The molecule has 2 rings (SSSR count). The summed E-state index contributed by atoms with van der Waals surface area (Å²) < 4.78 is 0. The Labute approximate surface area is 114 Å². The summed E-state index contributed by atoms with van der Waals surface area (Å²) in [5.41, 5.74) is 3.65. The molecule has 1 N–H and O–H groups in total. The summed E-state index contributed by atoms with van der Waals surface area (Å²) in [4.78, 5) is 16.4. The number of anilines is 1. The Bertz CT molecular complexity index is 562. The van der Waals surface area contributed by atoms with Crippen LogP contribution in [-0.4, -0.2) is 18.2 Å². The van der Waals surface area contributed by atoms with Crippen molar-refractivity contribution >= 4 is 17.3 Å². The summed E-state index contributed by atoms with van der Waals surface area (Å²) in [6, 6.07) is 7.94. The van der Waals surface area contributed by atoms with Gasteiger partial charge in [0.05, 0.1) is 6.54 Å². The molecule has 0 saturated heterocycles. The number of carbonyl (C=O) groups is 1. The Balaban J connectivity index is 2.21. The summed E-state index contributed by atoms with van der Waals surface area (Å²) in [5, 5.41) is 3.00. The molecular weight excluding hydrogens is 236 g/mol. The minimum absolute atomic E-state index is 0.000344. The summed E-state index contributed by atoms with van der Waals surface area (Å²) in [6.45, 7) is 8.80. The average Bonchev–Trinajstić information content (AvgIpc) is 2.75. The number of nitrogens with one attached hydrogen (secondary N) is 1. The first-order valence-corrected chi connectivity index (χ1v) is 6.50. The Morgan fingerprint density at radius 1 is 1.26 bits per heavy atom. The molecule has 1 aliphatic rings. The standard InChI is InChI=1S/C16H20N2O/c1-11-9-12(10-17-11)15(19)18-14-8-6-5-7-13(14)16(2,3)4/h5-9H,10H2,1-4H3,(H,18,19). The average molecular weight is 256 g/mol. The lowest BCUT2D eigenvalue weighted by Crippen LogP contribution is -2.20. The highest BCUT2D eigenvalue weighted by Gasteiger charge is 2.20. The number of rotatable bonds is 2. The molecule has 0 radical (unpaired) electrons. The van der Waals surface area contributed by atoms with Crippen molar-refractivity contribution in [3.05, 3.63) is 41.5 Å². The first kappa shape index (κ1) is 13.5. The molecular formula is C16H20N2O. The molecule has 3 nitrogen and oxygen atoms in total. The van der Waals surface area contributed by atoms with Gasteiger partial charge in [-0.05, 0) is 30.0 Å². The largest absolute Gasteiger partial charge is 0.322 e. The van der Waals surface area contributed by atoms with E-state index in [1.54, 1.807) is 0 Å². The van der Waals surface area contributed by atoms with Crippen LogP contribution in [0.3, 0.4) is 0 Å². The SMILES string of the molecule is CC1=NCC(C(=O)Nc2ccccc2C(C)(C)C)=C1. The van der Waals surface area contributed by atoms with Gasteiger partial charge in [0.2, 0.25) is 0 Å². The minimum atomic E-state index is -0.0581. The molecule has 1 aromatic rings. The minimum Gasteiger partial charge on any atom is -0.322 e. The highest BCUT2D eigenvalue weighted by atomic mass is 16.1. The molecule has 0 fully saturated rings. The molecule has 0 aliphatic carbocycles. The maximum Gasteiger partial charge on any atom is 0.253 e. The van der Waals surface area contributed by atoms with E-state index in [2.05, 4.69) is 37.1 Å². The van der Waals surface area contributed by atoms with E-state index in [1.165, 1.54) is 0 Å². The van der Waals surface area contributed by atoms with Crippen LogP contribution < -0.4 is 5.32 Å². The lowest BCUT2D eigenvalue weighted by Gasteiger charge is -2.23. The van der Waals surface area contributed by atoms with E-state index in [0.29, 0.717) is 6.54 Å². The Morgan fingerprint density at radius 3 is 2.53 bits per heavy atom. The van der Waals surface area contributed by atoms with Crippen LogP contribution in [0.4, 0.5) is 5.69 Å². The van der Waals surface area contributed by atoms with Crippen LogP contribution in [0.25, 0.3) is 0 Å². The van der Waals surface area contributed by atoms with Gasteiger partial charge in [0.25, 0.3) is 5.91 Å². The second-order valence-electron chi connectivity index (χ2n) is 5.88. The molecule has 0 aromatic heterocycles. The van der Waals surface area contributed by atoms with Gasteiger partial charge in [-0.3, -0.25) is 9.79 Å². The van der Waals surface area contributed by atoms with Gasteiger partial charge in [0.1, 0.15) is 0 Å². The zero-order chi connectivity index (χ0) is 14.0. The van der Waals surface area contributed by atoms with Gasteiger partial charge in [0, 0.05) is 17.0 Å². The van der Waals surface area contributed by atoms with Crippen molar-refractivity contribution in [3.8, 4) is 0 Å². The number of amides is 1. The fourth-order valence-electron chi connectivity index (χ4n) is 2.14. The monoisotopic (exact) mass is 256 g/mol. The van der Waals surface area contributed by atoms with Crippen LogP contribution in [0.1, 0.15) is 33.3 Å². The maximum absolute atomic E-state index is 12.2. The number of hydrogen-bond acceptors (Lipinski definition) is 2. The van der Waals surface area contributed by atoms with Gasteiger partial charge in [0.15, 0.2) is 0 Å². The number of aliphatic imine (C=N–C) groups is 1. The van der Waals surface area contributed by atoms with E-state index < -0.39 is 0 Å². The van der Waals surface area contributed by atoms with Crippen molar-refractivity contribution in [1.82, 2.24) is 0 Å². The number of hydrogen-bond donors (Lipinski definition) is 1. The van der Waals surface area contributed by atoms with Gasteiger partial charge >= 0.3 is 0 Å². The van der Waals surface area contributed by atoms with Crippen LogP contribution in [0.2, 0.25) is 0 Å². The van der Waals surface area contributed by atoms with Gasteiger partial charge in [-0.2, -0.15) is 0 Å². The van der Waals surface area contributed by atoms with Crippen LogP contribution in [0.15, 0.2) is 40.9 Å². The number of para-hydroxylation sites is 1. The van der Waals surface area contributed by atoms with E-state index in [-0.39, 0.29) is 11.3 Å². The smallest absolute Gasteiger partial charge is 0.253 e. The van der Waals surface area contributed by atoms with Crippen molar-refractivity contribution in [2.45, 2.75) is 33.1 Å². The topological polar surface area (TPSA) is 41.5 Å². The van der Waals surface area contributed by atoms with Gasteiger partial charge in [-0.1, -0.05) is 39.0 Å². The molecule has 0 bridgehead atoms. The van der Waals surface area contributed by atoms with E-state index >= 15 is 0 Å². The molecule has 19 heavy (non-hydrogen) atoms. The molecule has 3 heteroatoms. The summed E-state index contributed by atoms with van der Waals surface area (Å²) in [5.74, 6) is -0.0581. The maximum atomic E-state index is 12.2. The van der Waals surface area contributed by atoms with E-state index in [0.717, 1.165) is 22.5 Å². The quantitative estimate of drug-likeness (QED) is 0.866. The molecule has 0 unspecified atom stereocenters. The Kier molecular flexibility index (Phi) is 3.56. The highest BCUT2D eigenvalue weighted by Crippen LogP contribution is 2.29. The Hall–Kier alpha value is -1.90. The van der Waals surface area contributed by atoms with E-state index in [4.69, 9.17) is 0 Å². The lowest BCUT2D eigenvalue weighted by molar-refractivity contribution is -0.112. The summed E-state index contributed by atoms with van der Waals surface area (Å²) in [7, 11) is 0. The first-order valence-electron chi connectivity index (χ1n) is 6.50. The lowest BCUT2D eigenvalue weighted by atomic mass is 9.86. The molecule has 1 amide bonds. The number of carbonyl (C=O) groups excluding carboxylic acids is 1. The number of nitrogens with zero attached hydrogens (tertiary/aromatic N) is 1. The zero-order valence-corrected chi connectivity index (χ0v) is 11.9. The van der Waals surface area contributed by atoms with Gasteiger partial charge in [-0.15, -0.1) is 0 Å². The van der Waals surface area contributed by atoms with Crippen LogP contribution in [0, 0.1) is 0 Å². The zero-order valence-electron chi connectivity index (χ0n) is 11.9. The molecule has 100 valence electrons. The van der Waals surface area contributed by atoms with E-state index in [9.17, 15) is 4.79 Å². The van der Waals surface area contributed by atoms with Crippen molar-refractivity contribution in [1.29, 1.82) is 0 Å². The first-order chi connectivity index (χ1) is 8.88. The normalized spacial score (nSPS) is 14.9. The van der Waals surface area contributed by atoms with Crippen LogP contribution >= 0.6 is 0 Å². The van der Waals surface area contributed by atoms with Crippen molar-refractivity contribution in [3.63, 3.8) is 0 Å². The van der Waals surface area contributed by atoms with E-state index in [1.807, 2.05) is 31.2 Å². The summed E-state index contributed by atoms with van der Waals surface area (Å²) in [6.07, 6.45) is 1.84. The highest BCUT2D eigenvalue weighted by molar-refractivity contribution is 6.11. The molecule has 1 heterocycles. The predicted octanol–water partition coefficient (Wildman–Crippen LogP) is 3.32. The molecule has 0 saturated carbocycles. The number of allylic oxidation sites excluding steroid dienone is 1. The summed E-state index contributed by atoms with van der Waals surface area (Å²) >= 11 is 0. The second kappa shape index (κ2) is 5.00. The third-order valence-electron chi connectivity index (χ3n) is 3.16. The fourth-order valence-corrected chi connectivity index (χ4v) is 2.14. The molecule has 0 spiro atoms. The van der Waals surface area contributed by atoms with Crippen molar-refractivity contribution < 1.29 is 4.79 Å². The predicted molar refractivity (Wildman–Crippen MR) is 79.8 cm³/mol. The van der Waals surface area contributed by atoms with Crippen LogP contribution in [-0.2, 0) is 10.2 Å². The molecule has 0 atom stereocenters. The van der Waals surface area contributed by atoms with Crippen LogP contribution in [0.5, 0.6) is 0 Å². The van der Waals surface area contributed by atoms with Crippen molar-refractivity contribution in [2.24, 2.45) is 4.99 Å². The molecule has 1 aliphatic heterocycles. The molecule has 1 aromatic carbocycles. The fraction of sp³-hybridized carbons (Fsp3) is 0.375. The third kappa shape index (κ3) is 3.11. The Morgan fingerprint density at radius 2 is 1.95 bits per heavy atom. The van der Waals surface area contributed by atoms with Crippen molar-refractivity contribution in [2.75, 3.05) is 11.9 Å². The number of benzene rings is 1. The van der Waals surface area contributed by atoms with Gasteiger partial charge < -0.3 is 5.32 Å². The third-order valence-corrected chi connectivity index (χ3v) is 3.16.